The molecular formula is C11H24ClN. The van der Waals surface area contributed by atoms with E-state index in [0.717, 1.165) is 12.5 Å². The van der Waals surface area contributed by atoms with E-state index in [1.807, 2.05) is 6.92 Å². The second-order valence-electron chi connectivity index (χ2n) is 4.40. The third-order valence-corrected chi connectivity index (χ3v) is 3.54. The zero-order valence-corrected chi connectivity index (χ0v) is 10.4. The van der Waals surface area contributed by atoms with Gasteiger partial charge in [-0.25, -0.2) is 0 Å². The molecule has 0 radical (unpaired) electrons. The number of nitrogens with one attached hydrogen (secondary N) is 1. The molecule has 13 heavy (non-hydrogen) atoms. The highest BCUT2D eigenvalue weighted by atomic mass is 35.5. The molecule has 0 fully saturated rings. The maximum Gasteiger partial charge on any atom is 0.0484 e. The Morgan fingerprint density at radius 1 is 1.23 bits per heavy atom. The van der Waals surface area contributed by atoms with E-state index in [4.69, 9.17) is 11.6 Å². The van der Waals surface area contributed by atoms with E-state index in [9.17, 15) is 0 Å². The lowest BCUT2D eigenvalue weighted by Crippen LogP contribution is -2.47. The fourth-order valence-electron chi connectivity index (χ4n) is 1.13. The monoisotopic (exact) mass is 205 g/mol. The van der Waals surface area contributed by atoms with E-state index in [1.54, 1.807) is 0 Å². The molecule has 0 heterocycles. The fraction of sp³-hybridized carbons (Fsp3) is 1.00. The minimum atomic E-state index is 0.0458. The standard InChI is InChI=1S/C11H24ClN/c1-6-10(7-2)8-13-11(4,5)9(3)12/h9-10,13H,6-8H2,1-5H3. The molecule has 0 saturated heterocycles. The van der Waals surface area contributed by atoms with Crippen molar-refractivity contribution in [3.05, 3.63) is 0 Å². The summed E-state index contributed by atoms with van der Waals surface area (Å²) in [6, 6.07) is 0. The first-order valence-corrected chi connectivity index (χ1v) is 5.76. The third-order valence-electron chi connectivity index (χ3n) is 3.00. The topological polar surface area (TPSA) is 12.0 Å². The van der Waals surface area contributed by atoms with Gasteiger partial charge in [0.15, 0.2) is 0 Å². The second kappa shape index (κ2) is 5.87. The van der Waals surface area contributed by atoms with Gasteiger partial charge >= 0.3 is 0 Å². The molecule has 0 amide bonds. The molecule has 80 valence electrons. The molecule has 1 N–H and O–H groups in total. The van der Waals surface area contributed by atoms with Gasteiger partial charge in [-0.05, 0) is 33.2 Å². The van der Waals surface area contributed by atoms with Gasteiger partial charge in [-0.2, -0.15) is 0 Å². The van der Waals surface area contributed by atoms with Crippen molar-refractivity contribution in [1.29, 1.82) is 0 Å². The molecular weight excluding hydrogens is 182 g/mol. The lowest BCUT2D eigenvalue weighted by Gasteiger charge is -2.31. The van der Waals surface area contributed by atoms with Crippen LogP contribution in [0.25, 0.3) is 0 Å². The van der Waals surface area contributed by atoms with Crippen molar-refractivity contribution in [2.24, 2.45) is 5.92 Å². The average Bonchev–Trinajstić information content (AvgIpc) is 2.06. The first kappa shape index (κ1) is 13.2. The molecule has 0 spiro atoms. The van der Waals surface area contributed by atoms with Gasteiger partial charge in [-0.3, -0.25) is 0 Å². The summed E-state index contributed by atoms with van der Waals surface area (Å²) in [6.07, 6.45) is 2.49. The van der Waals surface area contributed by atoms with Gasteiger partial charge in [0.25, 0.3) is 0 Å². The van der Waals surface area contributed by atoms with Crippen molar-refractivity contribution >= 4 is 11.6 Å². The second-order valence-corrected chi connectivity index (χ2v) is 5.06. The van der Waals surface area contributed by atoms with Crippen molar-refractivity contribution < 1.29 is 0 Å². The molecule has 0 aromatic heterocycles. The molecule has 0 saturated carbocycles. The van der Waals surface area contributed by atoms with Crippen LogP contribution in [0.5, 0.6) is 0 Å². The summed E-state index contributed by atoms with van der Waals surface area (Å²) >= 11 is 6.08. The smallest absolute Gasteiger partial charge is 0.0484 e. The zero-order chi connectivity index (χ0) is 10.5. The van der Waals surface area contributed by atoms with Gasteiger partial charge in [0.2, 0.25) is 0 Å². The molecule has 0 aromatic rings. The van der Waals surface area contributed by atoms with Gasteiger partial charge in [-0.1, -0.05) is 26.7 Å². The summed E-state index contributed by atoms with van der Waals surface area (Å²) in [4.78, 5) is 0. The van der Waals surface area contributed by atoms with E-state index >= 15 is 0 Å². The van der Waals surface area contributed by atoms with Crippen molar-refractivity contribution in [2.45, 2.75) is 58.4 Å². The van der Waals surface area contributed by atoms with E-state index in [1.165, 1.54) is 12.8 Å². The number of hydrogen-bond donors (Lipinski definition) is 1. The van der Waals surface area contributed by atoms with Crippen LogP contribution in [0, 0.1) is 5.92 Å². The van der Waals surface area contributed by atoms with Crippen molar-refractivity contribution in [3.8, 4) is 0 Å². The Labute approximate surface area is 88.2 Å². The van der Waals surface area contributed by atoms with Gasteiger partial charge in [0, 0.05) is 10.9 Å². The summed E-state index contributed by atoms with van der Waals surface area (Å²) < 4.78 is 0. The van der Waals surface area contributed by atoms with Crippen LogP contribution in [-0.4, -0.2) is 17.5 Å². The Kier molecular flexibility index (Phi) is 5.98. The van der Waals surface area contributed by atoms with Crippen LogP contribution in [-0.2, 0) is 0 Å². The lowest BCUT2D eigenvalue weighted by molar-refractivity contribution is 0.333. The molecule has 1 unspecified atom stereocenters. The average molecular weight is 206 g/mol. The minimum Gasteiger partial charge on any atom is -0.310 e. The maximum atomic E-state index is 6.08. The third kappa shape index (κ3) is 4.87. The van der Waals surface area contributed by atoms with E-state index < -0.39 is 0 Å². The van der Waals surface area contributed by atoms with Gasteiger partial charge < -0.3 is 5.32 Å². The van der Waals surface area contributed by atoms with Gasteiger partial charge in [0.1, 0.15) is 0 Å². The normalized spacial score (nSPS) is 15.0. The van der Waals surface area contributed by atoms with Crippen LogP contribution in [0.1, 0.15) is 47.5 Å². The quantitative estimate of drug-likeness (QED) is 0.656. The maximum absolute atomic E-state index is 6.08. The molecule has 0 rings (SSSR count). The number of hydrogen-bond acceptors (Lipinski definition) is 1. The van der Waals surface area contributed by atoms with Crippen LogP contribution in [0.15, 0.2) is 0 Å². The highest BCUT2D eigenvalue weighted by molar-refractivity contribution is 6.21. The summed E-state index contributed by atoms with van der Waals surface area (Å²) in [7, 11) is 0. The van der Waals surface area contributed by atoms with Crippen molar-refractivity contribution in [2.75, 3.05) is 6.54 Å². The molecule has 0 aliphatic carbocycles. The Morgan fingerprint density at radius 3 is 2.00 bits per heavy atom. The first-order chi connectivity index (χ1) is 5.94. The molecule has 0 aliphatic rings. The van der Waals surface area contributed by atoms with Crippen LogP contribution < -0.4 is 5.32 Å². The summed E-state index contributed by atoms with van der Waals surface area (Å²) in [5.41, 5.74) is 0.0458. The fourth-order valence-corrected chi connectivity index (χ4v) is 1.20. The van der Waals surface area contributed by atoms with Crippen LogP contribution in [0.2, 0.25) is 0 Å². The Hall–Kier alpha value is 0.250. The predicted molar refractivity (Wildman–Crippen MR) is 61.5 cm³/mol. The minimum absolute atomic E-state index is 0.0458. The van der Waals surface area contributed by atoms with Crippen molar-refractivity contribution in [1.82, 2.24) is 5.32 Å². The summed E-state index contributed by atoms with van der Waals surface area (Å²) in [5.74, 6) is 0.787. The number of rotatable bonds is 6. The summed E-state index contributed by atoms with van der Waals surface area (Å²) in [6.45, 7) is 11.9. The molecule has 1 nitrogen and oxygen atoms in total. The van der Waals surface area contributed by atoms with Gasteiger partial charge in [-0.15, -0.1) is 11.6 Å². The first-order valence-electron chi connectivity index (χ1n) is 5.33. The van der Waals surface area contributed by atoms with Crippen LogP contribution >= 0.6 is 11.6 Å². The number of halogens is 1. The Balaban J connectivity index is 3.85. The lowest BCUT2D eigenvalue weighted by atomic mass is 9.98. The molecule has 0 bridgehead atoms. The van der Waals surface area contributed by atoms with Crippen molar-refractivity contribution in [3.63, 3.8) is 0 Å². The molecule has 0 aliphatic heterocycles. The predicted octanol–water partition coefficient (Wildman–Crippen LogP) is 3.42. The summed E-state index contributed by atoms with van der Waals surface area (Å²) in [5, 5.41) is 3.70. The molecule has 2 heteroatoms. The largest absolute Gasteiger partial charge is 0.310 e. The molecule has 1 atom stereocenters. The molecule has 0 aromatic carbocycles. The van der Waals surface area contributed by atoms with E-state index in [2.05, 4.69) is 33.0 Å². The SMILES string of the molecule is CCC(CC)CNC(C)(C)C(C)Cl. The van der Waals surface area contributed by atoms with Crippen LogP contribution in [0.4, 0.5) is 0 Å². The van der Waals surface area contributed by atoms with E-state index in [0.29, 0.717) is 0 Å². The highest BCUT2D eigenvalue weighted by Gasteiger charge is 2.23. The zero-order valence-electron chi connectivity index (χ0n) is 9.65. The number of alkyl halides is 1. The Bertz CT molecular complexity index is 128. The van der Waals surface area contributed by atoms with Crippen LogP contribution in [0.3, 0.4) is 0 Å². The van der Waals surface area contributed by atoms with Gasteiger partial charge in [0.05, 0.1) is 0 Å². The van der Waals surface area contributed by atoms with E-state index in [-0.39, 0.29) is 10.9 Å². The highest BCUT2D eigenvalue weighted by Crippen LogP contribution is 2.16. The Morgan fingerprint density at radius 2 is 1.69 bits per heavy atom.